The van der Waals surface area contributed by atoms with Gasteiger partial charge in [-0.25, -0.2) is 0 Å². The zero-order chi connectivity index (χ0) is 21.3. The molecule has 0 saturated heterocycles. The zero-order valence-corrected chi connectivity index (χ0v) is 18.1. The molecule has 0 aliphatic heterocycles. The number of carbonyl (C=O) groups excluding carboxylic acids is 1. The number of benzene rings is 3. The van der Waals surface area contributed by atoms with Gasteiger partial charge in [-0.3, -0.25) is 4.79 Å². The molecule has 3 aromatic rings. The lowest BCUT2D eigenvalue weighted by atomic mass is 10.1. The third-order valence-electron chi connectivity index (χ3n) is 4.52. The lowest BCUT2D eigenvalue weighted by molar-refractivity contribution is -0.112. The largest absolute Gasteiger partial charge is 0.488 e. The molecule has 0 spiro atoms. The molecule has 0 heterocycles. The van der Waals surface area contributed by atoms with Gasteiger partial charge in [-0.1, -0.05) is 61.5 Å². The van der Waals surface area contributed by atoms with Crippen LogP contribution >= 0.6 is 15.9 Å². The van der Waals surface area contributed by atoms with E-state index in [-0.39, 0.29) is 5.57 Å². The molecule has 1 N–H and O–H groups in total. The number of carbonyl (C=O) groups is 1. The molecule has 3 aromatic carbocycles. The van der Waals surface area contributed by atoms with Crippen LogP contribution in [0.4, 0.5) is 5.69 Å². The molecule has 3 rings (SSSR count). The first kappa shape index (κ1) is 21.4. The fourth-order valence-corrected chi connectivity index (χ4v) is 3.43. The monoisotopic (exact) mass is 460 g/mol. The second-order valence-corrected chi connectivity index (χ2v) is 7.45. The standard InChI is InChI=1S/C25H21BrN2O2/c1-2-20-10-6-7-11-23(20)28-25(29)21(16-27)14-19-12-13-24(22(26)15-19)30-17-18-8-4-3-5-9-18/h3-15H,2,17H2,1H3,(H,28,29)/b21-14+. The van der Waals surface area contributed by atoms with Crippen molar-refractivity contribution < 1.29 is 9.53 Å². The molecule has 0 bridgehead atoms. The number of aryl methyl sites for hydroxylation is 1. The molecule has 0 atom stereocenters. The van der Waals surface area contributed by atoms with E-state index in [1.54, 1.807) is 6.08 Å². The van der Waals surface area contributed by atoms with Crippen LogP contribution in [0.15, 0.2) is 82.8 Å². The summed E-state index contributed by atoms with van der Waals surface area (Å²) in [4.78, 5) is 12.6. The smallest absolute Gasteiger partial charge is 0.266 e. The number of nitriles is 1. The van der Waals surface area contributed by atoms with Crippen molar-refractivity contribution >= 4 is 33.6 Å². The molecule has 4 nitrogen and oxygen atoms in total. The van der Waals surface area contributed by atoms with Crippen molar-refractivity contribution in [1.29, 1.82) is 5.26 Å². The van der Waals surface area contributed by atoms with Crippen LogP contribution < -0.4 is 10.1 Å². The highest BCUT2D eigenvalue weighted by molar-refractivity contribution is 9.10. The Morgan fingerprint density at radius 3 is 2.53 bits per heavy atom. The summed E-state index contributed by atoms with van der Waals surface area (Å²) in [5, 5.41) is 12.3. The van der Waals surface area contributed by atoms with Gasteiger partial charge < -0.3 is 10.1 Å². The maximum absolute atomic E-state index is 12.6. The second-order valence-electron chi connectivity index (χ2n) is 6.60. The summed E-state index contributed by atoms with van der Waals surface area (Å²) in [7, 11) is 0. The van der Waals surface area contributed by atoms with E-state index >= 15 is 0 Å². The number of anilines is 1. The number of nitrogens with one attached hydrogen (secondary N) is 1. The van der Waals surface area contributed by atoms with Gasteiger partial charge in [-0.05, 0) is 63.3 Å². The number of nitrogens with zero attached hydrogens (tertiary/aromatic N) is 1. The fraction of sp³-hybridized carbons (Fsp3) is 0.120. The molecule has 1 amide bonds. The summed E-state index contributed by atoms with van der Waals surface area (Å²) in [6, 6.07) is 24.9. The molecule has 0 saturated carbocycles. The molecule has 0 aliphatic rings. The highest BCUT2D eigenvalue weighted by Gasteiger charge is 2.12. The SMILES string of the molecule is CCc1ccccc1NC(=O)/C(C#N)=C/c1ccc(OCc2ccccc2)c(Br)c1. The Morgan fingerprint density at radius 2 is 1.83 bits per heavy atom. The summed E-state index contributed by atoms with van der Waals surface area (Å²) in [6.45, 7) is 2.47. The lowest BCUT2D eigenvalue weighted by Crippen LogP contribution is -2.14. The van der Waals surface area contributed by atoms with Gasteiger partial charge in [0.15, 0.2) is 0 Å². The van der Waals surface area contributed by atoms with Gasteiger partial charge in [-0.15, -0.1) is 0 Å². The predicted octanol–water partition coefficient (Wildman–Crippen LogP) is 6.14. The van der Waals surface area contributed by atoms with Crippen LogP contribution in [0.3, 0.4) is 0 Å². The predicted molar refractivity (Wildman–Crippen MR) is 123 cm³/mol. The molecular formula is C25H21BrN2O2. The molecular weight excluding hydrogens is 440 g/mol. The number of rotatable bonds is 7. The first-order chi connectivity index (χ1) is 14.6. The third-order valence-corrected chi connectivity index (χ3v) is 5.14. The van der Waals surface area contributed by atoms with E-state index in [2.05, 4.69) is 21.2 Å². The number of amides is 1. The summed E-state index contributed by atoms with van der Waals surface area (Å²) in [5.74, 6) is 0.259. The Kier molecular flexibility index (Phi) is 7.42. The van der Waals surface area contributed by atoms with E-state index < -0.39 is 5.91 Å². The Labute approximate surface area is 184 Å². The molecule has 0 aliphatic carbocycles. The van der Waals surface area contributed by atoms with Crippen molar-refractivity contribution in [3.63, 3.8) is 0 Å². The molecule has 30 heavy (non-hydrogen) atoms. The average Bonchev–Trinajstić information content (AvgIpc) is 2.77. The number of ether oxygens (including phenoxy) is 1. The van der Waals surface area contributed by atoms with E-state index in [4.69, 9.17) is 4.74 Å². The van der Waals surface area contributed by atoms with Gasteiger partial charge in [0.05, 0.1) is 4.47 Å². The number of halogens is 1. The number of hydrogen-bond acceptors (Lipinski definition) is 3. The van der Waals surface area contributed by atoms with Gasteiger partial charge in [0.25, 0.3) is 5.91 Å². The summed E-state index contributed by atoms with van der Waals surface area (Å²) in [5.41, 5.74) is 3.57. The molecule has 0 unspecified atom stereocenters. The van der Waals surface area contributed by atoms with Crippen LogP contribution in [0, 0.1) is 11.3 Å². The summed E-state index contributed by atoms with van der Waals surface area (Å²) < 4.78 is 6.60. The van der Waals surface area contributed by atoms with Crippen molar-refractivity contribution in [2.45, 2.75) is 20.0 Å². The van der Waals surface area contributed by atoms with Crippen LogP contribution in [0.5, 0.6) is 5.75 Å². The number of para-hydroxylation sites is 1. The fourth-order valence-electron chi connectivity index (χ4n) is 2.91. The Morgan fingerprint density at radius 1 is 1.10 bits per heavy atom. The van der Waals surface area contributed by atoms with Gasteiger partial charge in [-0.2, -0.15) is 5.26 Å². The summed E-state index contributed by atoms with van der Waals surface area (Å²) >= 11 is 3.50. The van der Waals surface area contributed by atoms with Crippen LogP contribution in [-0.2, 0) is 17.8 Å². The van der Waals surface area contributed by atoms with Crippen molar-refractivity contribution in [1.82, 2.24) is 0 Å². The van der Waals surface area contributed by atoms with Crippen LogP contribution in [-0.4, -0.2) is 5.91 Å². The van der Waals surface area contributed by atoms with E-state index in [0.29, 0.717) is 12.4 Å². The van der Waals surface area contributed by atoms with Crippen molar-refractivity contribution in [2.24, 2.45) is 0 Å². The Bertz CT molecular complexity index is 1100. The number of hydrogen-bond donors (Lipinski definition) is 1. The van der Waals surface area contributed by atoms with Crippen molar-refractivity contribution in [3.8, 4) is 11.8 Å². The molecule has 0 radical (unpaired) electrons. The van der Waals surface area contributed by atoms with Crippen LogP contribution in [0.1, 0.15) is 23.6 Å². The van der Waals surface area contributed by atoms with Gasteiger partial charge in [0, 0.05) is 5.69 Å². The molecule has 0 aromatic heterocycles. The van der Waals surface area contributed by atoms with E-state index in [1.165, 1.54) is 0 Å². The highest BCUT2D eigenvalue weighted by Crippen LogP contribution is 2.28. The van der Waals surface area contributed by atoms with E-state index in [9.17, 15) is 10.1 Å². The molecule has 5 heteroatoms. The molecule has 0 fully saturated rings. The average molecular weight is 461 g/mol. The first-order valence-electron chi connectivity index (χ1n) is 9.58. The quantitative estimate of drug-likeness (QED) is 0.340. The first-order valence-corrected chi connectivity index (χ1v) is 10.4. The van der Waals surface area contributed by atoms with E-state index in [0.717, 1.165) is 33.3 Å². The normalized spacial score (nSPS) is 10.9. The minimum atomic E-state index is -0.432. The van der Waals surface area contributed by atoms with Gasteiger partial charge >= 0.3 is 0 Å². The van der Waals surface area contributed by atoms with Crippen molar-refractivity contribution in [3.05, 3.63) is 99.5 Å². The highest BCUT2D eigenvalue weighted by atomic mass is 79.9. The minimum Gasteiger partial charge on any atom is -0.488 e. The van der Waals surface area contributed by atoms with Gasteiger partial charge in [0.2, 0.25) is 0 Å². The maximum atomic E-state index is 12.6. The Hall–Kier alpha value is -3.36. The Balaban J connectivity index is 1.73. The van der Waals surface area contributed by atoms with Crippen LogP contribution in [0.25, 0.3) is 6.08 Å². The minimum absolute atomic E-state index is 0.0331. The lowest BCUT2D eigenvalue weighted by Gasteiger charge is -2.10. The van der Waals surface area contributed by atoms with Crippen molar-refractivity contribution in [2.75, 3.05) is 5.32 Å². The zero-order valence-electron chi connectivity index (χ0n) is 16.6. The summed E-state index contributed by atoms with van der Waals surface area (Å²) in [6.07, 6.45) is 2.36. The van der Waals surface area contributed by atoms with Crippen LogP contribution in [0.2, 0.25) is 0 Å². The van der Waals surface area contributed by atoms with E-state index in [1.807, 2.05) is 85.8 Å². The second kappa shape index (κ2) is 10.4. The maximum Gasteiger partial charge on any atom is 0.266 e. The third kappa shape index (κ3) is 5.59. The topological polar surface area (TPSA) is 62.1 Å². The van der Waals surface area contributed by atoms with Gasteiger partial charge in [0.1, 0.15) is 24.0 Å². The molecule has 150 valence electrons.